The number of hydrogen-bond donors (Lipinski definition) is 1. The van der Waals surface area contributed by atoms with Crippen LogP contribution in [-0.4, -0.2) is 48.7 Å². The van der Waals surface area contributed by atoms with Gasteiger partial charge in [-0.15, -0.1) is 11.3 Å². The highest BCUT2D eigenvalue weighted by Gasteiger charge is 2.35. The van der Waals surface area contributed by atoms with E-state index in [1.807, 2.05) is 12.1 Å². The Kier molecular flexibility index (Phi) is 7.16. The van der Waals surface area contributed by atoms with Gasteiger partial charge in [-0.2, -0.15) is 5.10 Å². The maximum Gasteiger partial charge on any atom is 0.322 e. The largest absolute Gasteiger partial charge is 0.507 e. The zero-order chi connectivity index (χ0) is 28.2. The number of phenolic OH excluding ortho intramolecular Hbond substituents is 1. The number of amides is 1. The van der Waals surface area contributed by atoms with Crippen molar-refractivity contribution in [1.29, 1.82) is 0 Å². The van der Waals surface area contributed by atoms with E-state index in [0.717, 1.165) is 40.2 Å². The Morgan fingerprint density at radius 3 is 2.16 bits per heavy atom. The summed E-state index contributed by atoms with van der Waals surface area (Å²) < 4.78 is 1.31. The van der Waals surface area contributed by atoms with Crippen LogP contribution in [0.4, 0.5) is 5.69 Å². The number of aromatic hydroxyl groups is 1. The minimum absolute atomic E-state index is 0.0270. The van der Waals surface area contributed by atoms with Gasteiger partial charge in [0.05, 0.1) is 15.6 Å². The van der Waals surface area contributed by atoms with Crippen LogP contribution in [0.5, 0.6) is 5.75 Å². The van der Waals surface area contributed by atoms with Crippen molar-refractivity contribution in [1.82, 2.24) is 19.7 Å². The van der Waals surface area contributed by atoms with Crippen LogP contribution >= 0.6 is 11.3 Å². The van der Waals surface area contributed by atoms with Crippen molar-refractivity contribution in [3.05, 3.63) is 55.1 Å². The Hall–Kier alpha value is -3.27. The van der Waals surface area contributed by atoms with Gasteiger partial charge in [-0.1, -0.05) is 41.5 Å². The summed E-state index contributed by atoms with van der Waals surface area (Å²) in [5.41, 5.74) is 3.29. The number of nitrogens with zero attached hydrogens (tertiary/aromatic N) is 5. The van der Waals surface area contributed by atoms with E-state index in [9.17, 15) is 20.0 Å². The third kappa shape index (κ3) is 5.18. The van der Waals surface area contributed by atoms with Gasteiger partial charge in [0.25, 0.3) is 5.91 Å². The number of piperidine rings is 1. The summed E-state index contributed by atoms with van der Waals surface area (Å²) in [6, 6.07) is 4.10. The second-order valence-electron chi connectivity index (χ2n) is 12.2. The molecule has 1 fully saturated rings. The van der Waals surface area contributed by atoms with Crippen LogP contribution in [0.15, 0.2) is 17.5 Å². The van der Waals surface area contributed by atoms with Crippen LogP contribution in [0.25, 0.3) is 11.3 Å². The first-order valence-electron chi connectivity index (χ1n) is 12.9. The molecular formula is C28H37N5O4S. The smallest absolute Gasteiger partial charge is 0.322 e. The Morgan fingerprint density at radius 2 is 1.66 bits per heavy atom. The number of thiazole rings is 1. The molecule has 9 nitrogen and oxygen atoms in total. The molecule has 0 saturated carbocycles. The third-order valence-corrected chi connectivity index (χ3v) is 8.26. The maximum atomic E-state index is 13.2. The van der Waals surface area contributed by atoms with Crippen molar-refractivity contribution in [3.8, 4) is 17.0 Å². The maximum absolute atomic E-state index is 13.2. The van der Waals surface area contributed by atoms with Crippen molar-refractivity contribution in [2.75, 3.05) is 13.1 Å². The molecule has 0 spiro atoms. The Morgan fingerprint density at radius 1 is 1.11 bits per heavy atom. The highest BCUT2D eigenvalue weighted by molar-refractivity contribution is 7.10. The van der Waals surface area contributed by atoms with Gasteiger partial charge in [-0.3, -0.25) is 19.6 Å². The molecule has 1 aromatic carbocycles. The van der Waals surface area contributed by atoms with Crippen LogP contribution in [0.2, 0.25) is 0 Å². The minimum Gasteiger partial charge on any atom is -0.507 e. The van der Waals surface area contributed by atoms with Gasteiger partial charge >= 0.3 is 5.69 Å². The quantitative estimate of drug-likeness (QED) is 0.317. The SMILES string of the molecule is Cc1nn(C)c(C(=O)N2CCC(c3nc(-c4cc(C(C)(C)C)c(O)c(C(C)(C)C)c4)cs3)CC2)c1[N+](=O)[O-]. The van der Waals surface area contributed by atoms with E-state index in [1.54, 1.807) is 30.2 Å². The second kappa shape index (κ2) is 9.80. The monoisotopic (exact) mass is 539 g/mol. The van der Waals surface area contributed by atoms with E-state index >= 15 is 0 Å². The Labute approximate surface area is 227 Å². The van der Waals surface area contributed by atoms with Gasteiger partial charge in [0.2, 0.25) is 5.69 Å². The van der Waals surface area contributed by atoms with E-state index in [2.05, 4.69) is 52.0 Å². The molecule has 1 saturated heterocycles. The molecular weight excluding hydrogens is 502 g/mol. The second-order valence-corrected chi connectivity index (χ2v) is 13.1. The number of carbonyl (C=O) groups is 1. The topological polar surface area (TPSA) is 114 Å². The van der Waals surface area contributed by atoms with Gasteiger partial charge in [0.1, 0.15) is 11.4 Å². The summed E-state index contributed by atoms with van der Waals surface area (Å²) in [5.74, 6) is 0.207. The van der Waals surface area contributed by atoms with E-state index in [0.29, 0.717) is 18.8 Å². The summed E-state index contributed by atoms with van der Waals surface area (Å²) in [6.07, 6.45) is 1.47. The number of aromatic nitrogens is 3. The molecule has 38 heavy (non-hydrogen) atoms. The molecule has 0 radical (unpaired) electrons. The summed E-state index contributed by atoms with van der Waals surface area (Å²) in [5, 5.41) is 29.8. The van der Waals surface area contributed by atoms with E-state index in [-0.39, 0.29) is 39.7 Å². The Balaban J connectivity index is 1.55. The third-order valence-electron chi connectivity index (χ3n) is 7.25. The number of nitro groups is 1. The lowest BCUT2D eigenvalue weighted by Gasteiger charge is -2.31. The molecule has 1 N–H and O–H groups in total. The first kappa shape index (κ1) is 27.8. The molecule has 0 aliphatic carbocycles. The molecule has 1 aliphatic heterocycles. The highest BCUT2D eigenvalue weighted by Crippen LogP contribution is 2.43. The zero-order valence-electron chi connectivity index (χ0n) is 23.5. The number of hydrogen-bond acceptors (Lipinski definition) is 7. The van der Waals surface area contributed by atoms with Crippen LogP contribution in [0.1, 0.15) is 92.6 Å². The molecule has 3 heterocycles. The standard InChI is InChI=1S/C28H37N5O4S/c1-16-22(33(36)37)23(31(8)30-16)26(35)32-11-9-17(10-12-32)25-29-21(15-38-25)18-13-19(27(2,3)4)24(34)20(14-18)28(5,6)7/h13-15,17,34H,9-12H2,1-8H3. The minimum atomic E-state index is -0.529. The lowest BCUT2D eigenvalue weighted by atomic mass is 9.78. The number of rotatable bonds is 4. The van der Waals surface area contributed by atoms with Gasteiger partial charge in [-0.05, 0) is 42.7 Å². The highest BCUT2D eigenvalue weighted by atomic mass is 32.1. The average molecular weight is 540 g/mol. The van der Waals surface area contributed by atoms with Crippen LogP contribution < -0.4 is 0 Å². The fourth-order valence-corrected chi connectivity index (χ4v) is 6.12. The van der Waals surface area contributed by atoms with Crippen LogP contribution in [-0.2, 0) is 17.9 Å². The van der Waals surface area contributed by atoms with E-state index in [4.69, 9.17) is 4.98 Å². The van der Waals surface area contributed by atoms with Crippen molar-refractivity contribution < 1.29 is 14.8 Å². The first-order chi connectivity index (χ1) is 17.6. The molecule has 3 aromatic rings. The average Bonchev–Trinajstić information content (AvgIpc) is 3.41. The number of phenols is 1. The molecule has 4 rings (SSSR count). The lowest BCUT2D eigenvalue weighted by Crippen LogP contribution is -2.39. The van der Waals surface area contributed by atoms with Crippen molar-refractivity contribution in [2.45, 2.75) is 78.1 Å². The summed E-state index contributed by atoms with van der Waals surface area (Å²) in [4.78, 5) is 30.8. The molecule has 1 amide bonds. The van der Waals surface area contributed by atoms with Crippen molar-refractivity contribution in [2.24, 2.45) is 7.05 Å². The van der Waals surface area contributed by atoms with E-state index < -0.39 is 4.92 Å². The fraction of sp³-hybridized carbons (Fsp3) is 0.536. The number of aryl methyl sites for hydroxylation is 2. The summed E-state index contributed by atoms with van der Waals surface area (Å²) in [7, 11) is 1.57. The lowest BCUT2D eigenvalue weighted by molar-refractivity contribution is -0.385. The van der Waals surface area contributed by atoms with Crippen LogP contribution in [0.3, 0.4) is 0 Å². The van der Waals surface area contributed by atoms with E-state index in [1.165, 1.54) is 4.68 Å². The first-order valence-corrected chi connectivity index (χ1v) is 13.8. The van der Waals surface area contributed by atoms with Gasteiger partial charge in [0.15, 0.2) is 0 Å². The number of likely N-dealkylation sites (tertiary alicyclic amines) is 1. The van der Waals surface area contributed by atoms with Crippen molar-refractivity contribution in [3.63, 3.8) is 0 Å². The molecule has 204 valence electrons. The van der Waals surface area contributed by atoms with Gasteiger partial charge < -0.3 is 10.0 Å². The van der Waals surface area contributed by atoms with Gasteiger partial charge in [0, 0.05) is 48.1 Å². The molecule has 0 bridgehead atoms. The summed E-state index contributed by atoms with van der Waals surface area (Å²) in [6.45, 7) is 15.1. The predicted molar refractivity (Wildman–Crippen MR) is 149 cm³/mol. The molecule has 0 unspecified atom stereocenters. The molecule has 1 aliphatic rings. The number of carbonyl (C=O) groups excluding carboxylic acids is 1. The molecule has 2 aromatic heterocycles. The Bertz CT molecular complexity index is 1350. The summed E-state index contributed by atoms with van der Waals surface area (Å²) >= 11 is 1.62. The fourth-order valence-electron chi connectivity index (χ4n) is 5.12. The molecule has 10 heteroatoms. The van der Waals surface area contributed by atoms with Crippen LogP contribution in [0, 0.1) is 17.0 Å². The van der Waals surface area contributed by atoms with Crippen molar-refractivity contribution >= 4 is 22.9 Å². The van der Waals surface area contributed by atoms with Gasteiger partial charge in [-0.25, -0.2) is 4.98 Å². The normalized spacial score (nSPS) is 15.2. The predicted octanol–water partition coefficient (Wildman–Crippen LogP) is 6.08. The molecule has 0 atom stereocenters. The zero-order valence-corrected chi connectivity index (χ0v) is 24.3. The number of benzene rings is 1.